The molecule has 136 valence electrons. The molecular weight excluding hydrogens is 411 g/mol. The van der Waals surface area contributed by atoms with Crippen molar-refractivity contribution in [2.75, 3.05) is 32.5 Å². The van der Waals surface area contributed by atoms with Crippen LogP contribution in [-0.4, -0.2) is 39.5 Å². The summed E-state index contributed by atoms with van der Waals surface area (Å²) in [5, 5.41) is 0. The van der Waals surface area contributed by atoms with Gasteiger partial charge in [-0.1, -0.05) is 15.9 Å². The molecule has 0 fully saturated rings. The van der Waals surface area contributed by atoms with E-state index in [0.717, 1.165) is 25.2 Å². The van der Waals surface area contributed by atoms with Crippen LogP contribution in [0.2, 0.25) is 0 Å². The van der Waals surface area contributed by atoms with Gasteiger partial charge >= 0.3 is 18.1 Å². The van der Waals surface area contributed by atoms with E-state index >= 15 is 0 Å². The number of methoxy groups -OCH3 is 2. The van der Waals surface area contributed by atoms with Gasteiger partial charge in [0.25, 0.3) is 0 Å². The number of anilines is 1. The fourth-order valence-corrected chi connectivity index (χ4v) is 2.67. The van der Waals surface area contributed by atoms with Crippen molar-refractivity contribution in [3.05, 3.63) is 39.5 Å². The Bertz CT molecular complexity index is 732. The summed E-state index contributed by atoms with van der Waals surface area (Å²) >= 11 is 2.99. The van der Waals surface area contributed by atoms with Crippen molar-refractivity contribution in [1.82, 2.24) is 0 Å². The Kier molecular flexibility index (Phi) is 5.73. The normalized spacial score (nSPS) is 15.2. The molecule has 6 nitrogen and oxygen atoms in total. The number of rotatable bonds is 3. The molecule has 0 radical (unpaired) electrons. The van der Waals surface area contributed by atoms with Gasteiger partial charge in [0, 0.05) is 4.47 Å². The van der Waals surface area contributed by atoms with Gasteiger partial charge in [-0.2, -0.15) is 13.2 Å². The lowest BCUT2D eigenvalue weighted by Gasteiger charge is -2.33. The monoisotopic (exact) mass is 423 g/mol. The van der Waals surface area contributed by atoms with Crippen LogP contribution in [0.5, 0.6) is 0 Å². The number of nitrogens with zero attached hydrogens (tertiary/aromatic N) is 1. The Hall–Kier alpha value is -2.07. The highest BCUT2D eigenvalue weighted by Gasteiger charge is 2.39. The Morgan fingerprint density at radius 2 is 1.84 bits per heavy atom. The number of hydrogen-bond donors (Lipinski definition) is 0. The molecule has 25 heavy (non-hydrogen) atoms. The molecule has 0 amide bonds. The maximum absolute atomic E-state index is 13.4. The zero-order valence-electron chi connectivity index (χ0n) is 13.1. The van der Waals surface area contributed by atoms with Crippen LogP contribution in [0.3, 0.4) is 0 Å². The molecule has 0 N–H and O–H groups in total. The van der Waals surface area contributed by atoms with Crippen LogP contribution >= 0.6 is 15.9 Å². The van der Waals surface area contributed by atoms with Crippen LogP contribution in [0.4, 0.5) is 18.9 Å². The minimum Gasteiger partial charge on any atom is -0.466 e. The van der Waals surface area contributed by atoms with Gasteiger partial charge in [0.1, 0.15) is 12.4 Å². The van der Waals surface area contributed by atoms with Crippen molar-refractivity contribution in [3.8, 4) is 0 Å². The van der Waals surface area contributed by atoms with Gasteiger partial charge in [0.2, 0.25) is 0 Å². The van der Waals surface area contributed by atoms with Gasteiger partial charge in [-0.25, -0.2) is 9.59 Å². The highest BCUT2D eigenvalue weighted by atomic mass is 79.9. The van der Waals surface area contributed by atoms with Crippen molar-refractivity contribution in [2.24, 2.45) is 0 Å². The van der Waals surface area contributed by atoms with Crippen LogP contribution < -0.4 is 4.90 Å². The summed E-state index contributed by atoms with van der Waals surface area (Å²) in [4.78, 5) is 25.0. The standard InChI is InChI=1S/C15H13BrF3NO5/c1-23-13(21)9-6-25-7-20(12(9)14(22)24-2)11-4-3-8(16)5-10(11)15(17,18)19/h3-5H,6-7H2,1-2H3. The van der Waals surface area contributed by atoms with Crippen molar-refractivity contribution in [2.45, 2.75) is 6.18 Å². The molecule has 1 aliphatic rings. The van der Waals surface area contributed by atoms with E-state index in [2.05, 4.69) is 25.4 Å². The predicted octanol–water partition coefficient (Wildman–Crippen LogP) is 2.86. The zero-order chi connectivity index (χ0) is 18.8. The Labute approximate surface area is 149 Å². The number of ether oxygens (including phenoxy) is 3. The van der Waals surface area contributed by atoms with Crippen LogP contribution in [0.1, 0.15) is 5.56 Å². The molecule has 1 aromatic carbocycles. The molecule has 1 aromatic rings. The van der Waals surface area contributed by atoms with Gasteiger partial charge in [0.15, 0.2) is 0 Å². The summed E-state index contributed by atoms with van der Waals surface area (Å²) in [5.41, 5.74) is -1.93. The molecule has 10 heteroatoms. The van der Waals surface area contributed by atoms with Crippen molar-refractivity contribution in [1.29, 1.82) is 0 Å². The maximum atomic E-state index is 13.4. The minimum atomic E-state index is -4.69. The van der Waals surface area contributed by atoms with Crippen molar-refractivity contribution >= 4 is 33.6 Å². The second kappa shape index (κ2) is 7.44. The highest BCUT2D eigenvalue weighted by molar-refractivity contribution is 9.10. The van der Waals surface area contributed by atoms with Crippen molar-refractivity contribution < 1.29 is 37.0 Å². The first-order chi connectivity index (χ1) is 11.7. The third-order valence-electron chi connectivity index (χ3n) is 3.39. The second-order valence-corrected chi connectivity index (χ2v) is 5.79. The van der Waals surface area contributed by atoms with Crippen LogP contribution in [0.15, 0.2) is 33.9 Å². The molecule has 0 saturated carbocycles. The van der Waals surface area contributed by atoms with E-state index in [4.69, 9.17) is 4.74 Å². The first-order valence-electron chi connectivity index (χ1n) is 6.82. The number of carbonyl (C=O) groups is 2. The molecule has 0 saturated heterocycles. The summed E-state index contributed by atoms with van der Waals surface area (Å²) in [6.07, 6.45) is -4.69. The number of benzene rings is 1. The van der Waals surface area contributed by atoms with Gasteiger partial charge in [0.05, 0.1) is 37.7 Å². The van der Waals surface area contributed by atoms with E-state index in [0.29, 0.717) is 0 Å². The summed E-state index contributed by atoms with van der Waals surface area (Å²) in [6, 6.07) is 3.42. The lowest BCUT2D eigenvalue weighted by molar-refractivity contribution is -0.141. The number of halogens is 4. The Balaban J connectivity index is 2.68. The molecule has 0 unspecified atom stereocenters. The van der Waals surface area contributed by atoms with Gasteiger partial charge in [-0.15, -0.1) is 0 Å². The van der Waals surface area contributed by atoms with E-state index in [1.165, 1.54) is 12.1 Å². The number of esters is 2. The lowest BCUT2D eigenvalue weighted by Crippen LogP contribution is -2.39. The summed E-state index contributed by atoms with van der Waals surface area (Å²) in [7, 11) is 2.15. The SMILES string of the molecule is COC(=O)C1=C(C(=O)OC)N(c2ccc(Br)cc2C(F)(F)F)COC1. The van der Waals surface area contributed by atoms with Crippen molar-refractivity contribution in [3.63, 3.8) is 0 Å². The Morgan fingerprint density at radius 1 is 1.20 bits per heavy atom. The topological polar surface area (TPSA) is 65.1 Å². The molecule has 0 atom stereocenters. The number of hydrogen-bond acceptors (Lipinski definition) is 6. The first kappa shape index (κ1) is 19.3. The van der Waals surface area contributed by atoms with E-state index in [-0.39, 0.29) is 34.8 Å². The van der Waals surface area contributed by atoms with E-state index in [1.807, 2.05) is 0 Å². The highest BCUT2D eigenvalue weighted by Crippen LogP contribution is 2.40. The fraction of sp³-hybridized carbons (Fsp3) is 0.333. The summed E-state index contributed by atoms with van der Waals surface area (Å²) in [6.45, 7) is -0.652. The lowest BCUT2D eigenvalue weighted by atomic mass is 10.1. The average molecular weight is 424 g/mol. The van der Waals surface area contributed by atoms with Gasteiger partial charge in [-0.3, -0.25) is 0 Å². The molecule has 0 spiro atoms. The van der Waals surface area contributed by atoms with E-state index in [9.17, 15) is 22.8 Å². The first-order valence-corrected chi connectivity index (χ1v) is 7.61. The third-order valence-corrected chi connectivity index (χ3v) is 3.88. The summed E-state index contributed by atoms with van der Waals surface area (Å²) in [5.74, 6) is -1.87. The Morgan fingerprint density at radius 3 is 2.40 bits per heavy atom. The molecule has 1 heterocycles. The number of alkyl halides is 3. The van der Waals surface area contributed by atoms with Gasteiger partial charge < -0.3 is 19.1 Å². The zero-order valence-corrected chi connectivity index (χ0v) is 14.7. The smallest absolute Gasteiger partial charge is 0.418 e. The summed E-state index contributed by atoms with van der Waals surface area (Å²) < 4.78 is 54.8. The molecule has 2 rings (SSSR count). The molecular formula is C15H13BrF3NO5. The second-order valence-electron chi connectivity index (χ2n) is 4.88. The van der Waals surface area contributed by atoms with Crippen LogP contribution in [0, 0.1) is 0 Å². The predicted molar refractivity (Wildman–Crippen MR) is 83.5 cm³/mol. The molecule has 0 aromatic heterocycles. The van der Waals surface area contributed by atoms with Gasteiger partial charge in [-0.05, 0) is 18.2 Å². The maximum Gasteiger partial charge on any atom is 0.418 e. The molecule has 1 aliphatic heterocycles. The fourth-order valence-electron chi connectivity index (χ4n) is 2.30. The quantitative estimate of drug-likeness (QED) is 0.696. The van der Waals surface area contributed by atoms with E-state index in [1.54, 1.807) is 0 Å². The van der Waals surface area contributed by atoms with E-state index < -0.39 is 23.7 Å². The number of carbonyl (C=O) groups excluding carboxylic acids is 2. The minimum absolute atomic E-state index is 0.207. The van der Waals surface area contributed by atoms with Crippen LogP contribution in [0.25, 0.3) is 0 Å². The van der Waals surface area contributed by atoms with Crippen LogP contribution in [-0.2, 0) is 30.0 Å². The molecule has 0 aliphatic carbocycles. The largest absolute Gasteiger partial charge is 0.466 e. The molecule has 0 bridgehead atoms. The average Bonchev–Trinajstić information content (AvgIpc) is 2.58. The third kappa shape index (κ3) is 3.96.